The first-order chi connectivity index (χ1) is 9.27. The zero-order chi connectivity index (χ0) is 13.9. The van der Waals surface area contributed by atoms with Crippen molar-refractivity contribution in [3.8, 4) is 0 Å². The van der Waals surface area contributed by atoms with Crippen LogP contribution in [0.5, 0.6) is 0 Å². The van der Waals surface area contributed by atoms with Crippen molar-refractivity contribution in [1.82, 2.24) is 0 Å². The van der Waals surface area contributed by atoms with Gasteiger partial charge in [-0.05, 0) is 30.7 Å². The molecule has 0 aromatic heterocycles. The molecular weight excluding hydrogens is 238 g/mol. The number of carbonyl (C=O) groups excluding carboxylic acids is 1. The van der Waals surface area contributed by atoms with Gasteiger partial charge in [-0.2, -0.15) is 0 Å². The normalized spacial score (nSPS) is 10.2. The molecule has 0 saturated heterocycles. The van der Waals surface area contributed by atoms with Crippen LogP contribution in [0.4, 0.5) is 5.69 Å². The largest absolute Gasteiger partial charge is 0.462 e. The highest BCUT2D eigenvalue weighted by atomic mass is 16.5. The van der Waals surface area contributed by atoms with E-state index in [0.717, 1.165) is 18.5 Å². The first-order valence-corrected chi connectivity index (χ1v) is 7.23. The van der Waals surface area contributed by atoms with E-state index in [-0.39, 0.29) is 5.97 Å². The van der Waals surface area contributed by atoms with Gasteiger partial charge in [0.2, 0.25) is 0 Å². The highest BCUT2D eigenvalue weighted by Crippen LogP contribution is 2.10. The summed E-state index contributed by atoms with van der Waals surface area (Å²) in [7, 11) is 1.85. The van der Waals surface area contributed by atoms with Crippen LogP contribution in [0.1, 0.15) is 55.8 Å². The fourth-order valence-corrected chi connectivity index (χ4v) is 1.90. The number of hydrogen-bond donors (Lipinski definition) is 1. The molecule has 1 rings (SSSR count). The lowest BCUT2D eigenvalue weighted by Crippen LogP contribution is -2.06. The first-order valence-electron chi connectivity index (χ1n) is 7.23. The van der Waals surface area contributed by atoms with Gasteiger partial charge in [-0.1, -0.05) is 39.0 Å². The predicted octanol–water partition coefficient (Wildman–Crippen LogP) is 4.25. The molecule has 0 unspecified atom stereocenters. The van der Waals surface area contributed by atoms with Gasteiger partial charge in [0.1, 0.15) is 0 Å². The molecule has 0 saturated carbocycles. The molecular formula is C16H25NO2. The molecule has 0 aliphatic heterocycles. The number of hydrogen-bond acceptors (Lipinski definition) is 3. The summed E-state index contributed by atoms with van der Waals surface area (Å²) < 4.78 is 5.25. The molecule has 19 heavy (non-hydrogen) atoms. The second-order valence-electron chi connectivity index (χ2n) is 4.73. The van der Waals surface area contributed by atoms with Crippen LogP contribution in [-0.4, -0.2) is 19.6 Å². The van der Waals surface area contributed by atoms with E-state index >= 15 is 0 Å². The molecule has 0 amide bonds. The van der Waals surface area contributed by atoms with Gasteiger partial charge in [0.15, 0.2) is 0 Å². The van der Waals surface area contributed by atoms with E-state index in [1.54, 1.807) is 12.1 Å². The van der Waals surface area contributed by atoms with Crippen LogP contribution in [0.25, 0.3) is 0 Å². The summed E-state index contributed by atoms with van der Waals surface area (Å²) in [5.41, 5.74) is 1.61. The quantitative estimate of drug-likeness (QED) is 0.535. The minimum absolute atomic E-state index is 0.226. The molecule has 0 aliphatic carbocycles. The van der Waals surface area contributed by atoms with Gasteiger partial charge in [0.25, 0.3) is 0 Å². The Morgan fingerprint density at radius 3 is 2.32 bits per heavy atom. The Labute approximate surface area is 116 Å². The minimum atomic E-state index is -0.226. The number of anilines is 1. The van der Waals surface area contributed by atoms with E-state index in [2.05, 4.69) is 12.2 Å². The van der Waals surface area contributed by atoms with Gasteiger partial charge in [-0.25, -0.2) is 4.79 Å². The number of ether oxygens (including phenoxy) is 1. The van der Waals surface area contributed by atoms with Crippen LogP contribution in [0.3, 0.4) is 0 Å². The fourth-order valence-electron chi connectivity index (χ4n) is 1.90. The number of unbranched alkanes of at least 4 members (excludes halogenated alkanes) is 5. The third-order valence-electron chi connectivity index (χ3n) is 3.14. The van der Waals surface area contributed by atoms with E-state index in [1.807, 2.05) is 19.2 Å². The van der Waals surface area contributed by atoms with Gasteiger partial charge >= 0.3 is 5.97 Å². The van der Waals surface area contributed by atoms with Gasteiger partial charge < -0.3 is 10.1 Å². The van der Waals surface area contributed by atoms with Crippen LogP contribution in [0.15, 0.2) is 24.3 Å². The number of carbonyl (C=O) groups is 1. The molecule has 0 fully saturated rings. The number of benzene rings is 1. The van der Waals surface area contributed by atoms with Crippen molar-refractivity contribution in [1.29, 1.82) is 0 Å². The lowest BCUT2D eigenvalue weighted by molar-refractivity contribution is 0.0497. The molecule has 1 aromatic carbocycles. The van der Waals surface area contributed by atoms with Crippen molar-refractivity contribution in [3.05, 3.63) is 29.8 Å². The standard InChI is InChI=1S/C16H25NO2/c1-3-4-5-6-7-8-13-19-16(18)14-9-11-15(17-2)12-10-14/h9-12,17H,3-8,13H2,1-2H3. The number of nitrogens with one attached hydrogen (secondary N) is 1. The Balaban J connectivity index is 2.16. The molecule has 106 valence electrons. The smallest absolute Gasteiger partial charge is 0.338 e. The summed E-state index contributed by atoms with van der Waals surface area (Å²) in [5.74, 6) is -0.226. The van der Waals surface area contributed by atoms with Gasteiger partial charge in [0.05, 0.1) is 12.2 Å². The maximum absolute atomic E-state index is 11.7. The molecule has 0 heterocycles. The summed E-state index contributed by atoms with van der Waals surface area (Å²) in [5, 5.41) is 3.02. The van der Waals surface area contributed by atoms with E-state index in [0.29, 0.717) is 12.2 Å². The lowest BCUT2D eigenvalue weighted by Gasteiger charge is -2.06. The molecule has 0 atom stereocenters. The molecule has 0 bridgehead atoms. The van der Waals surface area contributed by atoms with Crippen molar-refractivity contribution >= 4 is 11.7 Å². The summed E-state index contributed by atoms with van der Waals surface area (Å²) in [6.07, 6.45) is 7.20. The number of rotatable bonds is 9. The zero-order valence-corrected chi connectivity index (χ0v) is 12.1. The molecule has 3 heteroatoms. The molecule has 0 aliphatic rings. The Morgan fingerprint density at radius 1 is 1.05 bits per heavy atom. The van der Waals surface area contributed by atoms with Crippen molar-refractivity contribution in [3.63, 3.8) is 0 Å². The Bertz CT molecular complexity index is 360. The number of esters is 1. The van der Waals surface area contributed by atoms with Crippen molar-refractivity contribution in [2.75, 3.05) is 19.0 Å². The van der Waals surface area contributed by atoms with E-state index in [1.165, 1.54) is 25.7 Å². The first kappa shape index (κ1) is 15.5. The van der Waals surface area contributed by atoms with Gasteiger partial charge in [-0.3, -0.25) is 0 Å². The highest BCUT2D eigenvalue weighted by molar-refractivity contribution is 5.89. The SMILES string of the molecule is CCCCCCCCOC(=O)c1ccc(NC)cc1. The van der Waals surface area contributed by atoms with Crippen LogP contribution >= 0.6 is 0 Å². The summed E-state index contributed by atoms with van der Waals surface area (Å²) in [6, 6.07) is 7.33. The second kappa shape index (κ2) is 9.42. The second-order valence-corrected chi connectivity index (χ2v) is 4.73. The maximum atomic E-state index is 11.7. The third kappa shape index (κ3) is 6.27. The fraction of sp³-hybridized carbons (Fsp3) is 0.562. The average molecular weight is 263 g/mol. The minimum Gasteiger partial charge on any atom is -0.462 e. The highest BCUT2D eigenvalue weighted by Gasteiger charge is 2.06. The van der Waals surface area contributed by atoms with Crippen molar-refractivity contribution in [2.45, 2.75) is 45.4 Å². The predicted molar refractivity (Wildman–Crippen MR) is 79.6 cm³/mol. The molecule has 0 radical (unpaired) electrons. The van der Waals surface area contributed by atoms with Crippen LogP contribution in [0, 0.1) is 0 Å². The summed E-state index contributed by atoms with van der Waals surface area (Å²) in [6.45, 7) is 2.74. The van der Waals surface area contributed by atoms with Gasteiger partial charge in [-0.15, -0.1) is 0 Å². The average Bonchev–Trinajstić information content (AvgIpc) is 2.46. The monoisotopic (exact) mass is 263 g/mol. The Hall–Kier alpha value is -1.51. The third-order valence-corrected chi connectivity index (χ3v) is 3.14. The Kier molecular flexibility index (Phi) is 7.71. The van der Waals surface area contributed by atoms with Gasteiger partial charge in [0, 0.05) is 12.7 Å². The van der Waals surface area contributed by atoms with Crippen LogP contribution < -0.4 is 5.32 Å². The molecule has 0 spiro atoms. The van der Waals surface area contributed by atoms with E-state index in [4.69, 9.17) is 4.74 Å². The zero-order valence-electron chi connectivity index (χ0n) is 12.1. The van der Waals surface area contributed by atoms with Crippen molar-refractivity contribution < 1.29 is 9.53 Å². The topological polar surface area (TPSA) is 38.3 Å². The molecule has 1 N–H and O–H groups in total. The molecule has 3 nitrogen and oxygen atoms in total. The Morgan fingerprint density at radius 2 is 1.68 bits per heavy atom. The van der Waals surface area contributed by atoms with Crippen LogP contribution in [0.2, 0.25) is 0 Å². The van der Waals surface area contributed by atoms with E-state index < -0.39 is 0 Å². The summed E-state index contributed by atoms with van der Waals surface area (Å²) >= 11 is 0. The van der Waals surface area contributed by atoms with Crippen LogP contribution in [-0.2, 0) is 4.74 Å². The maximum Gasteiger partial charge on any atom is 0.338 e. The molecule has 1 aromatic rings. The van der Waals surface area contributed by atoms with E-state index in [9.17, 15) is 4.79 Å². The lowest BCUT2D eigenvalue weighted by atomic mass is 10.1. The van der Waals surface area contributed by atoms with Crippen molar-refractivity contribution in [2.24, 2.45) is 0 Å². The summed E-state index contributed by atoms with van der Waals surface area (Å²) in [4.78, 5) is 11.7.